The highest BCUT2D eigenvalue weighted by atomic mass is 32.2. The average molecular weight is 501 g/mol. The normalized spacial score (nSPS) is 24.7. The number of carbonyl (C=O) groups is 3. The van der Waals surface area contributed by atoms with Crippen LogP contribution in [0, 0.1) is 0 Å². The number of rotatable bonds is 8. The summed E-state index contributed by atoms with van der Waals surface area (Å²) in [5.41, 5.74) is 1.70. The van der Waals surface area contributed by atoms with Gasteiger partial charge in [-0.1, -0.05) is 42.5 Å². The summed E-state index contributed by atoms with van der Waals surface area (Å²) >= 11 is 2.82. The van der Waals surface area contributed by atoms with Gasteiger partial charge in [0.2, 0.25) is 10.8 Å². The monoisotopic (exact) mass is 500 g/mol. The maximum Gasteiger partial charge on any atom is 0.344 e. The summed E-state index contributed by atoms with van der Waals surface area (Å²) in [4.78, 5) is 39.6. The fourth-order valence-corrected chi connectivity index (χ4v) is 7.68. The first kappa shape index (κ1) is 24.5. The van der Waals surface area contributed by atoms with E-state index < -0.39 is 21.6 Å². The van der Waals surface area contributed by atoms with Crippen LogP contribution < -0.4 is 10.1 Å². The molecule has 0 bridgehead atoms. The van der Waals surface area contributed by atoms with Crippen LogP contribution in [0.25, 0.3) is 0 Å². The zero-order valence-corrected chi connectivity index (χ0v) is 21.2. The Labute approximate surface area is 207 Å². The van der Waals surface area contributed by atoms with E-state index in [2.05, 4.69) is 5.32 Å². The lowest BCUT2D eigenvalue weighted by Gasteiger charge is -2.49. The summed E-state index contributed by atoms with van der Waals surface area (Å²) in [6.45, 7) is 3.98. The van der Waals surface area contributed by atoms with Crippen molar-refractivity contribution in [3.05, 3.63) is 65.7 Å². The van der Waals surface area contributed by atoms with Crippen LogP contribution in [0.15, 0.2) is 54.6 Å². The van der Waals surface area contributed by atoms with E-state index in [-0.39, 0.29) is 30.2 Å². The largest absolute Gasteiger partial charge is 0.497 e. The van der Waals surface area contributed by atoms with Crippen molar-refractivity contribution in [2.75, 3.05) is 13.4 Å². The predicted molar refractivity (Wildman–Crippen MR) is 133 cm³/mol. The molecule has 3 atom stereocenters. The van der Waals surface area contributed by atoms with Crippen LogP contribution >= 0.6 is 23.5 Å². The van der Waals surface area contributed by atoms with Crippen LogP contribution in [0.4, 0.5) is 0 Å². The van der Waals surface area contributed by atoms with Gasteiger partial charge in [-0.3, -0.25) is 9.59 Å². The Kier molecular flexibility index (Phi) is 6.87. The Balaban J connectivity index is 1.46. The Hall–Kier alpha value is -2.65. The number of nitrogens with zero attached hydrogens (tertiary/aromatic N) is 1. The second-order valence-electron chi connectivity index (χ2n) is 8.71. The summed E-state index contributed by atoms with van der Waals surface area (Å²) in [6.07, 6.45) is 2.01. The molecule has 0 radical (unpaired) electrons. The van der Waals surface area contributed by atoms with E-state index in [9.17, 15) is 14.4 Å². The fraction of sp³-hybridized carbons (Fsp3) is 0.400. The highest BCUT2D eigenvalue weighted by Crippen LogP contribution is 2.61. The average Bonchev–Trinajstić information content (AvgIpc) is 3.06. The van der Waals surface area contributed by atoms with Crippen LogP contribution in [0.2, 0.25) is 0 Å². The standard InChI is InChI=1S/C25H28N2O5S2/c1-24(2)25(33-4,23(30)32-15-17-10-12-18(31-3)13-11-17)27-21(29)20(22(27)34-24)26-19(28)14-16-8-6-5-7-9-16/h5-13,20,22H,14-15H2,1-4H3,(H,26,28)/t20-,22-,25-/m1/s1. The third kappa shape index (κ3) is 4.15. The summed E-state index contributed by atoms with van der Waals surface area (Å²) in [5.74, 6) is -0.219. The minimum absolute atomic E-state index is 0.0931. The molecule has 9 heteroatoms. The van der Waals surface area contributed by atoms with Crippen molar-refractivity contribution in [2.45, 2.75) is 47.9 Å². The number of thioether (sulfide) groups is 2. The highest BCUT2D eigenvalue weighted by Gasteiger charge is 2.73. The van der Waals surface area contributed by atoms with Gasteiger partial charge >= 0.3 is 5.97 Å². The van der Waals surface area contributed by atoms with E-state index in [1.165, 1.54) is 23.5 Å². The Morgan fingerprint density at radius 1 is 1.09 bits per heavy atom. The van der Waals surface area contributed by atoms with Gasteiger partial charge in [-0.05, 0) is 43.4 Å². The second-order valence-corrected chi connectivity index (χ2v) is 11.4. The van der Waals surface area contributed by atoms with Crippen molar-refractivity contribution in [2.24, 2.45) is 0 Å². The number of ether oxygens (including phenoxy) is 2. The van der Waals surface area contributed by atoms with E-state index in [4.69, 9.17) is 9.47 Å². The van der Waals surface area contributed by atoms with Crippen LogP contribution in [0.1, 0.15) is 25.0 Å². The molecule has 2 aliphatic rings. The molecule has 1 N–H and O–H groups in total. The number of nitrogens with one attached hydrogen (secondary N) is 1. The number of esters is 1. The van der Waals surface area contributed by atoms with Gasteiger partial charge in [-0.25, -0.2) is 4.79 Å². The van der Waals surface area contributed by atoms with Crippen molar-refractivity contribution in [1.29, 1.82) is 0 Å². The number of benzene rings is 2. The molecule has 0 saturated carbocycles. The third-order valence-electron chi connectivity index (χ3n) is 6.24. The van der Waals surface area contributed by atoms with Gasteiger partial charge in [0.25, 0.3) is 5.91 Å². The molecule has 4 rings (SSSR count). The molecular weight excluding hydrogens is 472 g/mol. The molecule has 2 amide bonds. The smallest absolute Gasteiger partial charge is 0.344 e. The van der Waals surface area contributed by atoms with Gasteiger partial charge in [-0.2, -0.15) is 0 Å². The third-order valence-corrected chi connectivity index (χ3v) is 9.44. The lowest BCUT2D eigenvalue weighted by molar-refractivity contribution is -0.168. The van der Waals surface area contributed by atoms with Crippen molar-refractivity contribution in [1.82, 2.24) is 10.2 Å². The zero-order chi connectivity index (χ0) is 24.5. The molecule has 0 spiro atoms. The van der Waals surface area contributed by atoms with E-state index in [0.29, 0.717) is 0 Å². The molecule has 2 fully saturated rings. The lowest BCUT2D eigenvalue weighted by Crippen LogP contribution is -2.74. The zero-order valence-electron chi connectivity index (χ0n) is 19.6. The fourth-order valence-electron chi connectivity index (χ4n) is 4.47. The Bertz CT molecular complexity index is 1080. The minimum Gasteiger partial charge on any atom is -0.497 e. The molecule has 0 aliphatic carbocycles. The van der Waals surface area contributed by atoms with E-state index in [0.717, 1.165) is 16.9 Å². The molecule has 2 heterocycles. The summed E-state index contributed by atoms with van der Waals surface area (Å²) in [6, 6.07) is 16.0. The van der Waals surface area contributed by atoms with Gasteiger partial charge in [0.05, 0.1) is 18.3 Å². The van der Waals surface area contributed by atoms with Crippen LogP contribution in [0.3, 0.4) is 0 Å². The summed E-state index contributed by atoms with van der Waals surface area (Å²) in [5, 5.41) is 2.54. The number of hydrogen-bond donors (Lipinski definition) is 1. The Morgan fingerprint density at radius 2 is 1.76 bits per heavy atom. The molecule has 2 aliphatic heterocycles. The number of fused-ring (bicyclic) bond motifs is 1. The van der Waals surface area contributed by atoms with Gasteiger partial charge in [0, 0.05) is 0 Å². The first-order chi connectivity index (χ1) is 16.2. The van der Waals surface area contributed by atoms with Gasteiger partial charge < -0.3 is 19.7 Å². The van der Waals surface area contributed by atoms with Gasteiger partial charge in [0.1, 0.15) is 23.8 Å². The molecule has 34 heavy (non-hydrogen) atoms. The Morgan fingerprint density at radius 3 is 2.38 bits per heavy atom. The topological polar surface area (TPSA) is 84.9 Å². The number of carbonyl (C=O) groups excluding carboxylic acids is 3. The van der Waals surface area contributed by atoms with Gasteiger partial charge in [-0.15, -0.1) is 23.5 Å². The van der Waals surface area contributed by atoms with Crippen molar-refractivity contribution in [3.8, 4) is 5.75 Å². The number of β-lactam (4-membered cyclic amide) rings is 1. The summed E-state index contributed by atoms with van der Waals surface area (Å²) < 4.78 is 10.3. The molecule has 2 aromatic carbocycles. The number of methoxy groups -OCH3 is 1. The first-order valence-electron chi connectivity index (χ1n) is 10.9. The molecule has 180 valence electrons. The van der Waals surface area contributed by atoms with Crippen LogP contribution in [-0.2, 0) is 32.1 Å². The minimum atomic E-state index is -1.19. The van der Waals surface area contributed by atoms with E-state index >= 15 is 0 Å². The van der Waals surface area contributed by atoms with E-state index in [1.54, 1.807) is 24.1 Å². The molecular formula is C25H28N2O5S2. The number of hydrogen-bond acceptors (Lipinski definition) is 7. The number of amides is 2. The van der Waals surface area contributed by atoms with Crippen LogP contribution in [-0.4, -0.2) is 57.1 Å². The van der Waals surface area contributed by atoms with Crippen molar-refractivity contribution in [3.63, 3.8) is 0 Å². The highest BCUT2D eigenvalue weighted by molar-refractivity contribution is 8.06. The lowest BCUT2D eigenvalue weighted by atomic mass is 9.94. The maximum absolute atomic E-state index is 13.5. The molecule has 0 aromatic heterocycles. The van der Waals surface area contributed by atoms with Crippen molar-refractivity contribution < 1.29 is 23.9 Å². The summed E-state index contributed by atoms with van der Waals surface area (Å²) in [7, 11) is 1.59. The predicted octanol–water partition coefficient (Wildman–Crippen LogP) is 3.22. The second kappa shape index (κ2) is 9.54. The molecule has 2 aromatic rings. The maximum atomic E-state index is 13.5. The quantitative estimate of drug-likeness (QED) is 0.440. The first-order valence-corrected chi connectivity index (χ1v) is 13.0. The molecule has 2 saturated heterocycles. The molecule has 7 nitrogen and oxygen atoms in total. The van der Waals surface area contributed by atoms with Crippen LogP contribution in [0.5, 0.6) is 5.75 Å². The van der Waals surface area contributed by atoms with Crippen molar-refractivity contribution >= 4 is 41.3 Å². The van der Waals surface area contributed by atoms with E-state index in [1.807, 2.05) is 62.6 Å². The van der Waals surface area contributed by atoms with Gasteiger partial charge in [0.15, 0.2) is 0 Å². The SMILES string of the molecule is COc1ccc(COC(=O)[C@]2(SC)N3C(=O)[C@@H](NC(=O)Cc4ccccc4)[C@H]3SC2(C)C)cc1. The molecule has 0 unspecified atom stereocenters.